The minimum absolute atomic E-state index is 0.118. The van der Waals surface area contributed by atoms with E-state index < -0.39 is 6.10 Å². The Kier molecular flexibility index (Phi) is 5.58. The zero-order valence-electron chi connectivity index (χ0n) is 10.6. The number of aliphatic hydroxyl groups excluding tert-OH is 1. The minimum atomic E-state index is -0.553. The Morgan fingerprint density at radius 3 is 2.89 bits per heavy atom. The predicted molar refractivity (Wildman–Crippen MR) is 65.8 cm³/mol. The van der Waals surface area contributed by atoms with E-state index in [1.807, 2.05) is 0 Å². The summed E-state index contributed by atoms with van der Waals surface area (Å²) < 4.78 is 18.1. The summed E-state index contributed by atoms with van der Waals surface area (Å²) in [4.78, 5) is 13.0. The van der Waals surface area contributed by atoms with E-state index in [1.54, 1.807) is 26.1 Å². The topological polar surface area (TPSA) is 49.8 Å². The smallest absolute Gasteiger partial charge is 0.225 e. The van der Waals surface area contributed by atoms with E-state index in [0.717, 1.165) is 0 Å². The number of likely N-dealkylation sites (N-methyl/N-ethyl adjacent to an activating group) is 1. The fourth-order valence-electron chi connectivity index (χ4n) is 1.50. The lowest BCUT2D eigenvalue weighted by Gasteiger charge is -2.18. The van der Waals surface area contributed by atoms with Gasteiger partial charge in [0.25, 0.3) is 0 Å². The molecule has 1 amide bonds. The van der Waals surface area contributed by atoms with Gasteiger partial charge in [-0.25, -0.2) is 4.39 Å². The van der Waals surface area contributed by atoms with E-state index in [4.69, 9.17) is 9.84 Å². The summed E-state index contributed by atoms with van der Waals surface area (Å²) in [7, 11) is 1.62. The van der Waals surface area contributed by atoms with Crippen molar-refractivity contribution in [2.45, 2.75) is 19.4 Å². The van der Waals surface area contributed by atoms with Crippen LogP contribution < -0.4 is 4.74 Å². The van der Waals surface area contributed by atoms with Crippen molar-refractivity contribution in [2.24, 2.45) is 0 Å². The van der Waals surface area contributed by atoms with E-state index in [2.05, 4.69) is 0 Å². The van der Waals surface area contributed by atoms with Crippen molar-refractivity contribution in [1.29, 1.82) is 0 Å². The summed E-state index contributed by atoms with van der Waals surface area (Å²) in [5.74, 6) is -0.0849. The molecule has 1 unspecified atom stereocenters. The maximum absolute atomic E-state index is 12.8. The van der Waals surface area contributed by atoms with Gasteiger partial charge in [0.2, 0.25) is 5.91 Å². The van der Waals surface area contributed by atoms with Crippen LogP contribution in [0.1, 0.15) is 13.3 Å². The van der Waals surface area contributed by atoms with Gasteiger partial charge >= 0.3 is 0 Å². The highest BCUT2D eigenvalue weighted by atomic mass is 19.1. The van der Waals surface area contributed by atoms with Gasteiger partial charge in [-0.15, -0.1) is 0 Å². The monoisotopic (exact) mass is 255 g/mol. The summed E-state index contributed by atoms with van der Waals surface area (Å²) in [6, 6.07) is 5.78. The summed E-state index contributed by atoms with van der Waals surface area (Å²) in [6.45, 7) is 2.10. The van der Waals surface area contributed by atoms with Crippen LogP contribution in [0.2, 0.25) is 0 Å². The molecule has 18 heavy (non-hydrogen) atoms. The summed E-state index contributed by atoms with van der Waals surface area (Å²) in [5, 5.41) is 9.14. The largest absolute Gasteiger partial charge is 0.493 e. The van der Waals surface area contributed by atoms with Crippen molar-refractivity contribution in [3.05, 3.63) is 30.1 Å². The highest BCUT2D eigenvalue weighted by Gasteiger charge is 2.10. The number of halogens is 1. The molecule has 0 bridgehead atoms. The van der Waals surface area contributed by atoms with Gasteiger partial charge in [-0.1, -0.05) is 6.07 Å². The molecule has 1 N–H and O–H groups in total. The summed E-state index contributed by atoms with van der Waals surface area (Å²) in [6.07, 6.45) is -0.359. The molecule has 0 saturated carbocycles. The molecule has 0 aliphatic carbocycles. The first-order valence-corrected chi connectivity index (χ1v) is 5.79. The molecular formula is C13H18FNO3. The fourth-order valence-corrected chi connectivity index (χ4v) is 1.50. The second-order valence-electron chi connectivity index (χ2n) is 4.18. The van der Waals surface area contributed by atoms with Crippen LogP contribution in [-0.4, -0.2) is 42.2 Å². The minimum Gasteiger partial charge on any atom is -0.493 e. The third-order valence-electron chi connectivity index (χ3n) is 2.34. The molecule has 1 atom stereocenters. The maximum Gasteiger partial charge on any atom is 0.225 e. The quantitative estimate of drug-likeness (QED) is 0.836. The lowest BCUT2D eigenvalue weighted by Crippen LogP contribution is -2.33. The molecule has 5 heteroatoms. The Bertz CT molecular complexity index is 396. The maximum atomic E-state index is 12.8. The average molecular weight is 255 g/mol. The molecule has 1 rings (SSSR count). The van der Waals surface area contributed by atoms with Crippen molar-refractivity contribution in [3.8, 4) is 5.75 Å². The molecule has 1 aromatic rings. The zero-order chi connectivity index (χ0) is 13.5. The lowest BCUT2D eigenvalue weighted by atomic mass is 10.3. The number of benzene rings is 1. The van der Waals surface area contributed by atoms with Crippen LogP contribution in [0.5, 0.6) is 5.75 Å². The first kappa shape index (κ1) is 14.4. The molecule has 100 valence electrons. The van der Waals surface area contributed by atoms with Crippen LogP contribution in [0.25, 0.3) is 0 Å². The molecule has 0 radical (unpaired) electrons. The standard InChI is InChI=1S/C13H18FNO3/c1-10(16)9-15(2)13(17)6-7-18-12-5-3-4-11(14)8-12/h3-5,8,10,16H,6-7,9H2,1-2H3. The number of aliphatic hydroxyl groups is 1. The number of hydrogen-bond acceptors (Lipinski definition) is 3. The van der Waals surface area contributed by atoms with Gasteiger partial charge in [0.05, 0.1) is 19.1 Å². The second kappa shape index (κ2) is 6.96. The van der Waals surface area contributed by atoms with Crippen LogP contribution >= 0.6 is 0 Å². The van der Waals surface area contributed by atoms with E-state index in [0.29, 0.717) is 12.3 Å². The van der Waals surface area contributed by atoms with E-state index >= 15 is 0 Å². The summed E-state index contributed by atoms with van der Waals surface area (Å²) in [5.41, 5.74) is 0. The van der Waals surface area contributed by atoms with Crippen molar-refractivity contribution in [1.82, 2.24) is 4.90 Å². The zero-order valence-corrected chi connectivity index (χ0v) is 10.6. The normalized spacial score (nSPS) is 12.0. The Balaban J connectivity index is 2.31. The van der Waals surface area contributed by atoms with Gasteiger partial charge in [-0.3, -0.25) is 4.79 Å². The number of carbonyl (C=O) groups is 1. The van der Waals surface area contributed by atoms with Gasteiger partial charge in [0, 0.05) is 19.7 Å². The lowest BCUT2D eigenvalue weighted by molar-refractivity contribution is -0.131. The molecule has 0 aliphatic heterocycles. The second-order valence-corrected chi connectivity index (χ2v) is 4.18. The fraction of sp³-hybridized carbons (Fsp3) is 0.462. The third kappa shape index (κ3) is 5.14. The Morgan fingerprint density at radius 2 is 2.28 bits per heavy atom. The van der Waals surface area contributed by atoms with Crippen LogP contribution in [-0.2, 0) is 4.79 Å². The van der Waals surface area contributed by atoms with Crippen LogP contribution in [0.3, 0.4) is 0 Å². The van der Waals surface area contributed by atoms with Gasteiger partial charge in [0.15, 0.2) is 0 Å². The Morgan fingerprint density at radius 1 is 1.56 bits per heavy atom. The van der Waals surface area contributed by atoms with Crippen LogP contribution in [0, 0.1) is 5.82 Å². The highest BCUT2D eigenvalue weighted by Crippen LogP contribution is 2.12. The number of rotatable bonds is 6. The molecule has 0 aromatic heterocycles. The van der Waals surface area contributed by atoms with Gasteiger partial charge < -0.3 is 14.7 Å². The highest BCUT2D eigenvalue weighted by molar-refractivity contribution is 5.76. The first-order valence-electron chi connectivity index (χ1n) is 5.79. The van der Waals surface area contributed by atoms with E-state index in [9.17, 15) is 9.18 Å². The van der Waals surface area contributed by atoms with E-state index in [-0.39, 0.29) is 24.8 Å². The molecule has 0 heterocycles. The molecule has 0 spiro atoms. The van der Waals surface area contributed by atoms with Crippen molar-refractivity contribution < 1.29 is 19.0 Å². The van der Waals surface area contributed by atoms with Crippen molar-refractivity contribution in [3.63, 3.8) is 0 Å². The number of ether oxygens (including phenoxy) is 1. The third-order valence-corrected chi connectivity index (χ3v) is 2.34. The number of amides is 1. The Hall–Kier alpha value is -1.62. The van der Waals surface area contributed by atoms with Crippen LogP contribution in [0.15, 0.2) is 24.3 Å². The molecule has 0 saturated heterocycles. The predicted octanol–water partition coefficient (Wildman–Crippen LogP) is 1.43. The van der Waals surface area contributed by atoms with Gasteiger partial charge in [-0.05, 0) is 19.1 Å². The van der Waals surface area contributed by atoms with Crippen molar-refractivity contribution >= 4 is 5.91 Å². The van der Waals surface area contributed by atoms with E-state index in [1.165, 1.54) is 17.0 Å². The van der Waals surface area contributed by atoms with Gasteiger partial charge in [0.1, 0.15) is 11.6 Å². The SMILES string of the molecule is CC(O)CN(C)C(=O)CCOc1cccc(F)c1. The Labute approximate surface area is 106 Å². The molecule has 0 aliphatic rings. The van der Waals surface area contributed by atoms with Crippen LogP contribution in [0.4, 0.5) is 4.39 Å². The average Bonchev–Trinajstić information content (AvgIpc) is 2.28. The number of nitrogens with zero attached hydrogens (tertiary/aromatic N) is 1. The van der Waals surface area contributed by atoms with Gasteiger partial charge in [-0.2, -0.15) is 0 Å². The molecule has 4 nitrogen and oxygen atoms in total. The molecule has 1 aromatic carbocycles. The number of carbonyl (C=O) groups excluding carboxylic acids is 1. The molecule has 0 fully saturated rings. The summed E-state index contributed by atoms with van der Waals surface area (Å²) >= 11 is 0. The molecular weight excluding hydrogens is 237 g/mol. The number of hydrogen-bond donors (Lipinski definition) is 1. The van der Waals surface area contributed by atoms with Crippen molar-refractivity contribution in [2.75, 3.05) is 20.2 Å². The first-order chi connectivity index (χ1) is 8.49.